The molecule has 0 unspecified atom stereocenters. The topological polar surface area (TPSA) is 68.6 Å². The molecule has 1 N–H and O–H groups in total. The lowest BCUT2D eigenvalue weighted by molar-refractivity contribution is -0.124. The molecule has 3 heterocycles. The maximum absolute atomic E-state index is 12.1. The molecule has 2 aliphatic rings. The molecule has 0 bridgehead atoms. The van der Waals surface area contributed by atoms with Crippen molar-refractivity contribution in [2.24, 2.45) is 0 Å². The molecular weight excluding hydrogens is 308 g/mol. The van der Waals surface area contributed by atoms with Gasteiger partial charge in [-0.25, -0.2) is 0 Å². The molecule has 1 saturated heterocycles. The second-order valence-corrected chi connectivity index (χ2v) is 6.14. The van der Waals surface area contributed by atoms with Crippen molar-refractivity contribution < 1.29 is 14.3 Å². The van der Waals surface area contributed by atoms with Crippen molar-refractivity contribution in [3.05, 3.63) is 42.7 Å². The zero-order chi connectivity index (χ0) is 16.4. The van der Waals surface area contributed by atoms with Crippen molar-refractivity contribution in [1.82, 2.24) is 20.0 Å². The van der Waals surface area contributed by atoms with E-state index in [4.69, 9.17) is 9.47 Å². The van der Waals surface area contributed by atoms with Crippen LogP contribution in [0, 0.1) is 0 Å². The molecule has 2 aliphatic heterocycles. The summed E-state index contributed by atoms with van der Waals surface area (Å²) in [6, 6.07) is 9.86. The summed E-state index contributed by atoms with van der Waals surface area (Å²) in [6.45, 7) is 3.00. The predicted octanol–water partition coefficient (Wildman–Crippen LogP) is 0.696. The van der Waals surface area contributed by atoms with Gasteiger partial charge in [-0.3, -0.25) is 14.4 Å². The van der Waals surface area contributed by atoms with E-state index in [0.29, 0.717) is 25.7 Å². The van der Waals surface area contributed by atoms with E-state index < -0.39 is 0 Å². The minimum atomic E-state index is -0.155. The van der Waals surface area contributed by atoms with Gasteiger partial charge >= 0.3 is 0 Å². The Bertz CT molecular complexity index is 698. The molecule has 4 rings (SSSR count). The molecule has 0 saturated carbocycles. The van der Waals surface area contributed by atoms with Crippen LogP contribution in [0.4, 0.5) is 0 Å². The van der Waals surface area contributed by atoms with Crippen molar-refractivity contribution >= 4 is 5.91 Å². The Morgan fingerprint density at radius 3 is 2.88 bits per heavy atom. The number of rotatable bonds is 5. The molecule has 0 radical (unpaired) electrons. The minimum absolute atomic E-state index is 0.0105. The molecule has 1 aromatic heterocycles. The van der Waals surface area contributed by atoms with E-state index in [9.17, 15) is 4.79 Å². The van der Waals surface area contributed by atoms with Crippen molar-refractivity contribution in [2.45, 2.75) is 12.1 Å². The number of nitrogens with one attached hydrogen (secondary N) is 1. The number of benzene rings is 1. The molecule has 0 spiro atoms. The first-order valence-electron chi connectivity index (χ1n) is 8.14. The Kier molecular flexibility index (Phi) is 4.08. The van der Waals surface area contributed by atoms with Gasteiger partial charge in [0.05, 0.1) is 19.1 Å². The molecule has 1 aromatic carbocycles. The van der Waals surface area contributed by atoms with Gasteiger partial charge in [-0.15, -0.1) is 0 Å². The molecule has 126 valence electrons. The predicted molar refractivity (Wildman–Crippen MR) is 87.1 cm³/mol. The van der Waals surface area contributed by atoms with Crippen molar-refractivity contribution in [3.8, 4) is 11.5 Å². The summed E-state index contributed by atoms with van der Waals surface area (Å²) >= 11 is 0. The average Bonchev–Trinajstić information content (AvgIpc) is 3.09. The zero-order valence-electron chi connectivity index (χ0n) is 13.3. The van der Waals surface area contributed by atoms with Gasteiger partial charge in [-0.2, -0.15) is 5.10 Å². The number of para-hydroxylation sites is 2. The lowest BCUT2D eigenvalue weighted by Crippen LogP contribution is -2.52. The van der Waals surface area contributed by atoms with Crippen molar-refractivity contribution in [2.75, 3.05) is 32.8 Å². The van der Waals surface area contributed by atoms with E-state index in [1.165, 1.54) is 0 Å². The Labute approximate surface area is 140 Å². The number of nitrogens with zero attached hydrogens (tertiary/aromatic N) is 3. The molecule has 24 heavy (non-hydrogen) atoms. The summed E-state index contributed by atoms with van der Waals surface area (Å²) in [5, 5.41) is 7.15. The van der Waals surface area contributed by atoms with E-state index in [0.717, 1.165) is 24.6 Å². The third kappa shape index (κ3) is 3.21. The quantitative estimate of drug-likeness (QED) is 0.875. The van der Waals surface area contributed by atoms with Gasteiger partial charge in [-0.05, 0) is 18.2 Å². The van der Waals surface area contributed by atoms with Gasteiger partial charge in [0.1, 0.15) is 12.7 Å². The smallest absolute Gasteiger partial charge is 0.234 e. The second-order valence-electron chi connectivity index (χ2n) is 6.14. The molecule has 1 atom stereocenters. The lowest BCUT2D eigenvalue weighted by atomic mass is 10.1. The lowest BCUT2D eigenvalue weighted by Gasteiger charge is -2.38. The van der Waals surface area contributed by atoms with Crippen molar-refractivity contribution in [1.29, 1.82) is 0 Å². The third-order valence-electron chi connectivity index (χ3n) is 4.30. The number of likely N-dealkylation sites (tertiary alicyclic amines) is 1. The highest BCUT2D eigenvalue weighted by Crippen LogP contribution is 2.30. The fourth-order valence-electron chi connectivity index (χ4n) is 2.99. The van der Waals surface area contributed by atoms with Gasteiger partial charge in [0.15, 0.2) is 11.5 Å². The van der Waals surface area contributed by atoms with Gasteiger partial charge in [-0.1, -0.05) is 12.1 Å². The molecule has 0 aliphatic carbocycles. The molecule has 7 heteroatoms. The number of hydrogen-bond donors (Lipinski definition) is 1. The van der Waals surface area contributed by atoms with E-state index in [-0.39, 0.29) is 12.0 Å². The SMILES string of the molecule is O=C(CN1CC(n2cccn2)C1)NC[C@@H]1COc2ccccc2O1. The second kappa shape index (κ2) is 6.52. The number of fused-ring (bicyclic) bond motifs is 1. The van der Waals surface area contributed by atoms with Crippen LogP contribution in [0.15, 0.2) is 42.7 Å². The van der Waals surface area contributed by atoms with Crippen LogP contribution < -0.4 is 14.8 Å². The van der Waals surface area contributed by atoms with Crippen LogP contribution in [0.1, 0.15) is 6.04 Å². The van der Waals surface area contributed by atoms with Gasteiger partial charge in [0.25, 0.3) is 0 Å². The van der Waals surface area contributed by atoms with Crippen LogP contribution >= 0.6 is 0 Å². The fraction of sp³-hybridized carbons (Fsp3) is 0.412. The number of carbonyl (C=O) groups is 1. The molecular formula is C17H20N4O3. The highest BCUT2D eigenvalue weighted by molar-refractivity contribution is 5.78. The normalized spacial score (nSPS) is 20.4. The molecule has 2 aromatic rings. The minimum Gasteiger partial charge on any atom is -0.486 e. The van der Waals surface area contributed by atoms with Crippen molar-refractivity contribution in [3.63, 3.8) is 0 Å². The summed E-state index contributed by atoms with van der Waals surface area (Å²) in [4.78, 5) is 14.2. The van der Waals surface area contributed by atoms with Gasteiger partial charge < -0.3 is 14.8 Å². The fourth-order valence-corrected chi connectivity index (χ4v) is 2.99. The van der Waals surface area contributed by atoms with E-state index in [2.05, 4.69) is 15.3 Å². The summed E-state index contributed by atoms with van der Waals surface area (Å²) in [7, 11) is 0. The van der Waals surface area contributed by atoms with Crippen LogP contribution in [0.25, 0.3) is 0 Å². The highest BCUT2D eigenvalue weighted by atomic mass is 16.6. The maximum atomic E-state index is 12.1. The average molecular weight is 328 g/mol. The Morgan fingerprint density at radius 2 is 2.08 bits per heavy atom. The summed E-state index contributed by atoms with van der Waals surface area (Å²) in [6.07, 6.45) is 3.58. The third-order valence-corrected chi connectivity index (χ3v) is 4.30. The van der Waals surface area contributed by atoms with Gasteiger partial charge in [0, 0.05) is 25.5 Å². The number of aromatic nitrogens is 2. The standard InChI is InChI=1S/C17H20N4O3/c22-17(11-20-9-13(10-20)21-7-3-6-19-21)18-8-14-12-23-15-4-1-2-5-16(15)24-14/h1-7,13-14H,8-12H2,(H,18,22)/t14-/m1/s1. The summed E-state index contributed by atoms with van der Waals surface area (Å²) in [5.74, 6) is 1.49. The molecule has 1 amide bonds. The Morgan fingerprint density at radius 1 is 1.25 bits per heavy atom. The number of carbonyl (C=O) groups excluding carboxylic acids is 1. The first-order chi connectivity index (χ1) is 11.8. The Hall–Kier alpha value is -2.54. The first kappa shape index (κ1) is 15.0. The first-order valence-corrected chi connectivity index (χ1v) is 8.14. The van der Waals surface area contributed by atoms with E-state index in [1.807, 2.05) is 41.2 Å². The Balaban J connectivity index is 1.18. The van der Waals surface area contributed by atoms with Gasteiger partial charge in [0.2, 0.25) is 5.91 Å². The van der Waals surface area contributed by atoms with Crippen LogP contribution in [-0.4, -0.2) is 59.5 Å². The molecule has 1 fully saturated rings. The largest absolute Gasteiger partial charge is 0.486 e. The van der Waals surface area contributed by atoms with Crippen LogP contribution in [0.5, 0.6) is 11.5 Å². The number of amides is 1. The van der Waals surface area contributed by atoms with Crippen LogP contribution in [-0.2, 0) is 4.79 Å². The molecule has 7 nitrogen and oxygen atoms in total. The zero-order valence-corrected chi connectivity index (χ0v) is 13.3. The monoisotopic (exact) mass is 328 g/mol. The van der Waals surface area contributed by atoms with Crippen LogP contribution in [0.3, 0.4) is 0 Å². The van der Waals surface area contributed by atoms with E-state index in [1.54, 1.807) is 6.20 Å². The maximum Gasteiger partial charge on any atom is 0.234 e. The van der Waals surface area contributed by atoms with Crippen LogP contribution in [0.2, 0.25) is 0 Å². The highest BCUT2D eigenvalue weighted by Gasteiger charge is 2.30. The van der Waals surface area contributed by atoms with E-state index >= 15 is 0 Å². The summed E-state index contributed by atoms with van der Waals surface area (Å²) in [5.41, 5.74) is 0. The number of ether oxygens (including phenoxy) is 2. The number of hydrogen-bond acceptors (Lipinski definition) is 5. The summed E-state index contributed by atoms with van der Waals surface area (Å²) < 4.78 is 13.4.